The maximum Gasteiger partial charge on any atom is 0.266 e. The lowest BCUT2D eigenvalue weighted by Gasteiger charge is -2.38. The molecule has 0 unspecified atom stereocenters. The lowest BCUT2D eigenvalue weighted by Crippen LogP contribution is -2.60. The molecule has 4 heterocycles. The molecule has 3 aliphatic rings. The number of para-hydroxylation sites is 1. The Morgan fingerprint density at radius 3 is 2.09 bits per heavy atom. The van der Waals surface area contributed by atoms with E-state index in [0.29, 0.717) is 0 Å². The molecule has 9 rings (SSSR count). The van der Waals surface area contributed by atoms with Gasteiger partial charge in [-0.25, -0.2) is 0 Å². The van der Waals surface area contributed by atoms with Gasteiger partial charge in [-0.2, -0.15) is 0 Å². The number of fused-ring (bicyclic) bond motifs is 4. The highest BCUT2D eigenvalue weighted by molar-refractivity contribution is 7.00. The lowest BCUT2D eigenvalue weighted by atomic mass is 9.33. The summed E-state index contributed by atoms with van der Waals surface area (Å²) in [5.41, 5.74) is 9.70. The summed E-state index contributed by atoms with van der Waals surface area (Å²) in [6, 6.07) is 34.2. The van der Waals surface area contributed by atoms with Gasteiger partial charge >= 0.3 is 0 Å². The summed E-state index contributed by atoms with van der Waals surface area (Å²) >= 11 is 0. The van der Waals surface area contributed by atoms with E-state index in [1.54, 1.807) is 0 Å². The number of rotatable bonds is 1. The van der Waals surface area contributed by atoms with E-state index in [2.05, 4.69) is 95.6 Å². The molecule has 0 saturated carbocycles. The molecule has 0 N–H and O–H groups in total. The van der Waals surface area contributed by atoms with Crippen molar-refractivity contribution >= 4 is 44.9 Å². The molecule has 4 heteroatoms. The van der Waals surface area contributed by atoms with Crippen LogP contribution in [-0.2, 0) is 0 Å². The lowest BCUT2D eigenvalue weighted by molar-refractivity contribution is 0.464. The van der Waals surface area contributed by atoms with Crippen molar-refractivity contribution in [1.82, 2.24) is 4.57 Å². The van der Waals surface area contributed by atoms with Crippen LogP contribution in [0.15, 0.2) is 97.1 Å². The summed E-state index contributed by atoms with van der Waals surface area (Å²) < 4.78 is 15.5. The monoisotopic (exact) mass is 433 g/mol. The van der Waals surface area contributed by atoms with E-state index in [9.17, 15) is 0 Å². The zero-order valence-electron chi connectivity index (χ0n) is 18.1. The van der Waals surface area contributed by atoms with E-state index in [1.807, 2.05) is 6.07 Å². The highest BCUT2D eigenvalue weighted by atomic mass is 16.5. The molecule has 6 aromatic rings. The Bertz CT molecular complexity index is 1850. The maximum absolute atomic E-state index is 6.53. The molecule has 3 aliphatic heterocycles. The average Bonchev–Trinajstić information content (AvgIpc) is 3.23. The molecule has 0 saturated heterocycles. The average molecular weight is 433 g/mol. The van der Waals surface area contributed by atoms with E-state index < -0.39 is 0 Å². The van der Waals surface area contributed by atoms with Crippen molar-refractivity contribution in [1.29, 1.82) is 0 Å². The highest BCUT2D eigenvalue weighted by Crippen LogP contribution is 2.45. The predicted octanol–water partition coefficient (Wildman–Crippen LogP) is 5.49. The Labute approximate surface area is 195 Å². The van der Waals surface area contributed by atoms with Crippen LogP contribution >= 0.6 is 0 Å². The third-order valence-electron chi connectivity index (χ3n) is 7.65. The van der Waals surface area contributed by atoms with Crippen molar-refractivity contribution in [3.8, 4) is 39.8 Å². The van der Waals surface area contributed by atoms with Crippen molar-refractivity contribution < 1.29 is 9.47 Å². The Morgan fingerprint density at radius 1 is 0.529 bits per heavy atom. The zero-order chi connectivity index (χ0) is 22.0. The van der Waals surface area contributed by atoms with Crippen LogP contribution in [0.4, 0.5) is 0 Å². The van der Waals surface area contributed by atoms with Gasteiger partial charge in [0.2, 0.25) is 0 Å². The normalized spacial score (nSPS) is 13.7. The minimum absolute atomic E-state index is 0.0814. The number of hydrogen-bond acceptors (Lipinski definition) is 2. The first-order chi connectivity index (χ1) is 16.9. The van der Waals surface area contributed by atoms with Gasteiger partial charge in [0.1, 0.15) is 23.0 Å². The van der Waals surface area contributed by atoms with Crippen LogP contribution in [0.1, 0.15) is 0 Å². The number of benzene rings is 5. The van der Waals surface area contributed by atoms with Crippen LogP contribution in [0, 0.1) is 0 Å². The van der Waals surface area contributed by atoms with Crippen LogP contribution in [0.3, 0.4) is 0 Å². The van der Waals surface area contributed by atoms with Crippen molar-refractivity contribution in [3.63, 3.8) is 0 Å². The minimum Gasteiger partial charge on any atom is -0.458 e. The molecule has 34 heavy (non-hydrogen) atoms. The fraction of sp³-hybridized carbons (Fsp3) is 0. The molecule has 1 aromatic heterocycles. The second-order valence-electron chi connectivity index (χ2n) is 9.27. The first-order valence-electron chi connectivity index (χ1n) is 11.7. The number of hydrogen-bond donors (Lipinski definition) is 0. The molecular weight excluding hydrogens is 417 g/mol. The largest absolute Gasteiger partial charge is 0.458 e. The van der Waals surface area contributed by atoms with Crippen molar-refractivity contribution in [2.24, 2.45) is 0 Å². The summed E-state index contributed by atoms with van der Waals surface area (Å²) in [6.07, 6.45) is 0. The number of nitrogens with zero attached hydrogens (tertiary/aromatic N) is 1. The molecular formula is C30H16BNO2. The van der Waals surface area contributed by atoms with E-state index in [-0.39, 0.29) is 6.71 Å². The molecule has 0 spiro atoms. The summed E-state index contributed by atoms with van der Waals surface area (Å²) in [4.78, 5) is 0. The topological polar surface area (TPSA) is 23.4 Å². The molecule has 156 valence electrons. The molecule has 3 nitrogen and oxygen atoms in total. The van der Waals surface area contributed by atoms with Gasteiger partial charge in [0.15, 0.2) is 0 Å². The Hall–Kier alpha value is -4.44. The standard InChI is InChI=1S/C30H16BNO2/c1-2-7-17(8-3-1)18-13-15-24-27-29(18)32-21-10-5-4-9-19(21)20-14-16-25-28(30(20)32)31(27)26-22(33-24)11-6-12-23(26)34-25/h1-16H. The minimum atomic E-state index is 0.0814. The predicted molar refractivity (Wildman–Crippen MR) is 137 cm³/mol. The van der Waals surface area contributed by atoms with Gasteiger partial charge < -0.3 is 14.0 Å². The van der Waals surface area contributed by atoms with Crippen LogP contribution in [0.5, 0.6) is 23.0 Å². The van der Waals surface area contributed by atoms with Crippen LogP contribution in [0.2, 0.25) is 0 Å². The van der Waals surface area contributed by atoms with Gasteiger partial charge in [0.25, 0.3) is 6.71 Å². The van der Waals surface area contributed by atoms with Gasteiger partial charge in [-0.1, -0.05) is 54.6 Å². The van der Waals surface area contributed by atoms with Crippen molar-refractivity contribution in [2.45, 2.75) is 0 Å². The first-order valence-corrected chi connectivity index (χ1v) is 11.7. The summed E-state index contributed by atoms with van der Waals surface area (Å²) in [6.45, 7) is 0.0814. The third kappa shape index (κ3) is 1.85. The van der Waals surface area contributed by atoms with E-state index in [4.69, 9.17) is 9.47 Å². The Balaban J connectivity index is 1.57. The van der Waals surface area contributed by atoms with E-state index >= 15 is 0 Å². The van der Waals surface area contributed by atoms with Crippen molar-refractivity contribution in [2.75, 3.05) is 0 Å². The summed E-state index contributed by atoms with van der Waals surface area (Å²) in [5.74, 6) is 3.65. The van der Waals surface area contributed by atoms with Gasteiger partial charge in [-0.05, 0) is 59.0 Å². The second-order valence-corrected chi connectivity index (χ2v) is 9.27. The first kappa shape index (κ1) is 17.1. The smallest absolute Gasteiger partial charge is 0.266 e. The maximum atomic E-state index is 6.53. The molecule has 5 aromatic carbocycles. The van der Waals surface area contributed by atoms with E-state index in [0.717, 1.165) is 28.5 Å². The van der Waals surface area contributed by atoms with Crippen LogP contribution in [0.25, 0.3) is 38.6 Å². The van der Waals surface area contributed by atoms with Gasteiger partial charge in [-0.15, -0.1) is 0 Å². The number of ether oxygens (including phenoxy) is 2. The molecule has 0 aliphatic carbocycles. The molecule has 0 atom stereocenters. The molecule has 0 radical (unpaired) electrons. The van der Waals surface area contributed by atoms with Crippen molar-refractivity contribution in [3.05, 3.63) is 97.1 Å². The third-order valence-corrected chi connectivity index (χ3v) is 7.65. The van der Waals surface area contributed by atoms with Gasteiger partial charge in [0.05, 0.1) is 16.7 Å². The zero-order valence-corrected chi connectivity index (χ0v) is 18.1. The molecule has 0 bridgehead atoms. The quantitative estimate of drug-likeness (QED) is 0.320. The second kappa shape index (κ2) is 5.73. The highest BCUT2D eigenvalue weighted by Gasteiger charge is 2.46. The summed E-state index contributed by atoms with van der Waals surface area (Å²) in [7, 11) is 0. The SMILES string of the molecule is c1ccc(-c2ccc3c4c2-n2c5ccccc5c5ccc6c(c52)B4c2c(cccc2O6)O3)cc1. The van der Waals surface area contributed by atoms with Gasteiger partial charge in [-0.3, -0.25) is 0 Å². The Morgan fingerprint density at radius 2 is 1.24 bits per heavy atom. The molecule has 0 amide bonds. The van der Waals surface area contributed by atoms with Crippen LogP contribution < -0.4 is 25.9 Å². The van der Waals surface area contributed by atoms with E-state index in [1.165, 1.54) is 49.5 Å². The van der Waals surface area contributed by atoms with Crippen LogP contribution in [-0.4, -0.2) is 11.3 Å². The fourth-order valence-corrected chi connectivity index (χ4v) is 6.37. The fourth-order valence-electron chi connectivity index (χ4n) is 6.37. The number of aromatic nitrogens is 1. The van der Waals surface area contributed by atoms with Gasteiger partial charge in [0, 0.05) is 21.8 Å². The Kier molecular flexibility index (Phi) is 2.88. The molecule has 0 fully saturated rings. The summed E-state index contributed by atoms with van der Waals surface area (Å²) in [5, 5.41) is 2.52.